The second-order valence-electron chi connectivity index (χ2n) is 5.08. The van der Waals surface area contributed by atoms with Crippen LogP contribution >= 0.6 is 15.9 Å². The number of hydrogen-bond acceptors (Lipinski definition) is 2. The fourth-order valence-electron chi connectivity index (χ4n) is 2.81. The second kappa shape index (κ2) is 5.98. The number of halogens is 1. The molecule has 0 aromatic heterocycles. The maximum Gasteiger partial charge on any atom is 0.0457 e. The van der Waals surface area contributed by atoms with Gasteiger partial charge in [0.05, 0.1) is 0 Å². The van der Waals surface area contributed by atoms with Crippen LogP contribution in [0.3, 0.4) is 0 Å². The maximum absolute atomic E-state index is 3.58. The normalized spacial score (nSPS) is 13.6. The van der Waals surface area contributed by atoms with E-state index < -0.39 is 0 Å². The SMILES string of the molecule is CCNCc1cc(Br)ccc1N1CCc2ccccc21. The smallest absolute Gasteiger partial charge is 0.0457 e. The van der Waals surface area contributed by atoms with Crippen LogP contribution in [0.1, 0.15) is 18.1 Å². The molecule has 2 nitrogen and oxygen atoms in total. The number of anilines is 2. The lowest BCUT2D eigenvalue weighted by Gasteiger charge is -2.23. The highest BCUT2D eigenvalue weighted by atomic mass is 79.9. The highest BCUT2D eigenvalue weighted by Crippen LogP contribution is 2.36. The van der Waals surface area contributed by atoms with Gasteiger partial charge in [0.25, 0.3) is 0 Å². The lowest BCUT2D eigenvalue weighted by atomic mass is 10.1. The van der Waals surface area contributed by atoms with Gasteiger partial charge in [0.15, 0.2) is 0 Å². The predicted octanol–water partition coefficient (Wildman–Crippen LogP) is 4.25. The van der Waals surface area contributed by atoms with E-state index in [1.165, 1.54) is 22.5 Å². The van der Waals surface area contributed by atoms with Gasteiger partial charge >= 0.3 is 0 Å². The van der Waals surface area contributed by atoms with Crippen LogP contribution in [0.15, 0.2) is 46.9 Å². The van der Waals surface area contributed by atoms with E-state index in [4.69, 9.17) is 0 Å². The van der Waals surface area contributed by atoms with E-state index in [1.807, 2.05) is 0 Å². The number of para-hydroxylation sites is 1. The first-order chi connectivity index (χ1) is 9.79. The van der Waals surface area contributed by atoms with E-state index >= 15 is 0 Å². The zero-order chi connectivity index (χ0) is 13.9. The van der Waals surface area contributed by atoms with E-state index in [2.05, 4.69) is 75.5 Å². The minimum Gasteiger partial charge on any atom is -0.341 e. The van der Waals surface area contributed by atoms with Crippen LogP contribution in [0.25, 0.3) is 0 Å². The zero-order valence-corrected chi connectivity index (χ0v) is 13.3. The van der Waals surface area contributed by atoms with E-state index in [-0.39, 0.29) is 0 Å². The molecule has 0 saturated carbocycles. The monoisotopic (exact) mass is 330 g/mol. The Morgan fingerprint density at radius 1 is 1.15 bits per heavy atom. The first kappa shape index (κ1) is 13.7. The molecule has 0 atom stereocenters. The standard InChI is InChI=1S/C17H19BrN2/c1-2-19-12-14-11-15(18)7-8-17(14)20-10-9-13-5-3-4-6-16(13)20/h3-8,11,19H,2,9-10,12H2,1H3. The third-order valence-corrected chi connectivity index (χ3v) is 4.28. The van der Waals surface area contributed by atoms with Gasteiger partial charge in [-0.15, -0.1) is 0 Å². The van der Waals surface area contributed by atoms with Crippen LogP contribution in [-0.4, -0.2) is 13.1 Å². The van der Waals surface area contributed by atoms with Crippen molar-refractivity contribution in [1.82, 2.24) is 5.32 Å². The van der Waals surface area contributed by atoms with E-state index in [0.717, 1.165) is 30.5 Å². The summed E-state index contributed by atoms with van der Waals surface area (Å²) in [6.45, 7) is 5.11. The van der Waals surface area contributed by atoms with Crippen molar-refractivity contribution < 1.29 is 0 Å². The van der Waals surface area contributed by atoms with Crippen molar-refractivity contribution in [2.75, 3.05) is 18.0 Å². The Hall–Kier alpha value is -1.32. The lowest BCUT2D eigenvalue weighted by Crippen LogP contribution is -2.19. The fraction of sp³-hybridized carbons (Fsp3) is 0.294. The summed E-state index contributed by atoms with van der Waals surface area (Å²) in [4.78, 5) is 2.44. The maximum atomic E-state index is 3.58. The van der Waals surface area contributed by atoms with Gasteiger partial charge in [-0.2, -0.15) is 0 Å². The molecule has 0 radical (unpaired) electrons. The van der Waals surface area contributed by atoms with Gasteiger partial charge in [-0.05, 0) is 48.4 Å². The summed E-state index contributed by atoms with van der Waals surface area (Å²) in [6, 6.07) is 15.3. The largest absolute Gasteiger partial charge is 0.341 e. The van der Waals surface area contributed by atoms with E-state index in [9.17, 15) is 0 Å². The number of benzene rings is 2. The highest BCUT2D eigenvalue weighted by Gasteiger charge is 2.21. The molecule has 0 aliphatic carbocycles. The van der Waals surface area contributed by atoms with Crippen molar-refractivity contribution in [3.63, 3.8) is 0 Å². The molecule has 0 fully saturated rings. The third kappa shape index (κ3) is 2.60. The number of nitrogens with one attached hydrogen (secondary N) is 1. The molecule has 104 valence electrons. The van der Waals surface area contributed by atoms with Crippen LogP contribution in [0.4, 0.5) is 11.4 Å². The molecule has 1 heterocycles. The van der Waals surface area contributed by atoms with Crippen LogP contribution < -0.4 is 10.2 Å². The molecule has 0 saturated heterocycles. The summed E-state index contributed by atoms with van der Waals surface area (Å²) in [5.41, 5.74) is 5.47. The van der Waals surface area contributed by atoms with Gasteiger partial charge in [0.1, 0.15) is 0 Å². The van der Waals surface area contributed by atoms with Crippen molar-refractivity contribution >= 4 is 27.3 Å². The Morgan fingerprint density at radius 2 is 2.00 bits per heavy atom. The Balaban J connectivity index is 1.98. The Labute approximate surface area is 128 Å². The summed E-state index contributed by atoms with van der Waals surface area (Å²) in [5.74, 6) is 0. The number of hydrogen-bond donors (Lipinski definition) is 1. The number of rotatable bonds is 4. The quantitative estimate of drug-likeness (QED) is 0.901. The molecule has 1 aliphatic rings. The molecule has 1 aliphatic heterocycles. The van der Waals surface area contributed by atoms with E-state index in [1.54, 1.807) is 0 Å². The van der Waals surface area contributed by atoms with Gasteiger partial charge in [0, 0.05) is 28.9 Å². The first-order valence-corrected chi connectivity index (χ1v) is 7.93. The van der Waals surface area contributed by atoms with Gasteiger partial charge in [-0.25, -0.2) is 0 Å². The number of nitrogens with zero attached hydrogens (tertiary/aromatic N) is 1. The average molecular weight is 331 g/mol. The van der Waals surface area contributed by atoms with Gasteiger partial charge in [0.2, 0.25) is 0 Å². The lowest BCUT2D eigenvalue weighted by molar-refractivity contribution is 0.725. The van der Waals surface area contributed by atoms with Crippen LogP contribution in [0.5, 0.6) is 0 Å². The predicted molar refractivity (Wildman–Crippen MR) is 88.7 cm³/mol. The van der Waals surface area contributed by atoms with Crippen LogP contribution in [0, 0.1) is 0 Å². The Morgan fingerprint density at radius 3 is 2.85 bits per heavy atom. The summed E-state index contributed by atoms with van der Waals surface area (Å²) in [7, 11) is 0. The molecule has 1 N–H and O–H groups in total. The minimum absolute atomic E-state index is 0.907. The Kier molecular flexibility index (Phi) is 4.08. The molecule has 0 amide bonds. The topological polar surface area (TPSA) is 15.3 Å². The zero-order valence-electron chi connectivity index (χ0n) is 11.7. The van der Waals surface area contributed by atoms with Gasteiger partial charge in [-0.3, -0.25) is 0 Å². The van der Waals surface area contributed by atoms with Crippen LogP contribution in [-0.2, 0) is 13.0 Å². The average Bonchev–Trinajstić information content (AvgIpc) is 2.89. The molecule has 0 unspecified atom stereocenters. The van der Waals surface area contributed by atoms with Crippen molar-refractivity contribution in [3.05, 3.63) is 58.1 Å². The van der Waals surface area contributed by atoms with Crippen molar-refractivity contribution in [2.45, 2.75) is 19.9 Å². The van der Waals surface area contributed by atoms with Crippen LogP contribution in [0.2, 0.25) is 0 Å². The summed E-state index contributed by atoms with van der Waals surface area (Å²) < 4.78 is 1.14. The van der Waals surface area contributed by atoms with Crippen molar-refractivity contribution in [1.29, 1.82) is 0 Å². The van der Waals surface area contributed by atoms with Crippen molar-refractivity contribution in [2.24, 2.45) is 0 Å². The first-order valence-electron chi connectivity index (χ1n) is 7.14. The molecule has 0 spiro atoms. The fourth-order valence-corrected chi connectivity index (χ4v) is 3.22. The molecule has 2 aromatic carbocycles. The molecular formula is C17H19BrN2. The van der Waals surface area contributed by atoms with Gasteiger partial charge < -0.3 is 10.2 Å². The third-order valence-electron chi connectivity index (χ3n) is 3.78. The second-order valence-corrected chi connectivity index (χ2v) is 6.00. The molecule has 0 bridgehead atoms. The summed E-state index contributed by atoms with van der Waals surface area (Å²) in [5, 5.41) is 3.43. The number of fused-ring (bicyclic) bond motifs is 1. The molecular weight excluding hydrogens is 312 g/mol. The summed E-state index contributed by atoms with van der Waals surface area (Å²) in [6.07, 6.45) is 1.13. The highest BCUT2D eigenvalue weighted by molar-refractivity contribution is 9.10. The molecule has 3 rings (SSSR count). The van der Waals surface area contributed by atoms with E-state index in [0.29, 0.717) is 0 Å². The molecule has 20 heavy (non-hydrogen) atoms. The van der Waals surface area contributed by atoms with Crippen molar-refractivity contribution in [3.8, 4) is 0 Å². The molecule has 3 heteroatoms. The molecule has 2 aromatic rings. The summed E-state index contributed by atoms with van der Waals surface area (Å²) >= 11 is 3.58. The van der Waals surface area contributed by atoms with Gasteiger partial charge in [-0.1, -0.05) is 41.1 Å². The Bertz CT molecular complexity index is 610. The minimum atomic E-state index is 0.907.